The Morgan fingerprint density at radius 2 is 1.92 bits per heavy atom. The molecule has 1 aliphatic rings. The predicted octanol–water partition coefficient (Wildman–Crippen LogP) is 3.03. The van der Waals surface area contributed by atoms with Crippen LogP contribution in [0.5, 0.6) is 5.75 Å². The molecule has 1 fully saturated rings. The molecule has 0 radical (unpaired) electrons. The molecule has 6 heteroatoms. The summed E-state index contributed by atoms with van der Waals surface area (Å²) >= 11 is 0. The van der Waals surface area contributed by atoms with Crippen LogP contribution < -0.4 is 5.32 Å². The van der Waals surface area contributed by atoms with Crippen LogP contribution in [-0.4, -0.2) is 33.3 Å². The zero-order valence-electron chi connectivity index (χ0n) is 15.0. The van der Waals surface area contributed by atoms with Crippen LogP contribution in [0.15, 0.2) is 42.7 Å². The summed E-state index contributed by atoms with van der Waals surface area (Å²) in [5, 5.41) is 12.1. The third-order valence-corrected chi connectivity index (χ3v) is 4.68. The Balaban J connectivity index is 1.79. The van der Waals surface area contributed by atoms with Crippen LogP contribution >= 0.6 is 0 Å². The van der Waals surface area contributed by atoms with Crippen LogP contribution in [0, 0.1) is 12.8 Å². The first-order valence-corrected chi connectivity index (χ1v) is 8.76. The molecule has 26 heavy (non-hydrogen) atoms. The lowest BCUT2D eigenvalue weighted by atomic mass is 9.90. The van der Waals surface area contributed by atoms with E-state index in [9.17, 15) is 14.7 Å². The van der Waals surface area contributed by atoms with Gasteiger partial charge in [0.05, 0.1) is 17.9 Å². The zero-order valence-corrected chi connectivity index (χ0v) is 15.0. The lowest BCUT2D eigenvalue weighted by molar-refractivity contribution is -0.146. The number of phenolic OH excluding ortho intramolecular Hbond substituents is 1. The molecular weight excluding hydrogens is 330 g/mol. The largest absolute Gasteiger partial charge is 0.508 e. The monoisotopic (exact) mass is 353 g/mol. The molecular formula is C20H23N3O3. The minimum atomic E-state index is -0.657. The molecule has 2 aromatic rings. The van der Waals surface area contributed by atoms with Gasteiger partial charge in [-0.15, -0.1) is 0 Å². The molecule has 136 valence electrons. The maximum Gasteiger partial charge on any atom is 0.313 e. The van der Waals surface area contributed by atoms with Crippen LogP contribution in [0.4, 0.5) is 5.69 Å². The first kappa shape index (κ1) is 17.9. The third-order valence-electron chi connectivity index (χ3n) is 4.68. The highest BCUT2D eigenvalue weighted by Gasteiger charge is 2.34. The molecule has 0 unspecified atom stereocenters. The maximum atomic E-state index is 12.8. The molecule has 3 rings (SSSR count). The van der Waals surface area contributed by atoms with Crippen molar-refractivity contribution in [3.63, 3.8) is 0 Å². The standard InChI is InChI=1S/C20H23N3O3/c1-13-3-8-18(15-4-6-17(24)7-5-15)23(12-13)20(26)19(25)22-16-9-14(2)10-21-11-16/h4-7,9-11,13,18,24H,3,8,12H2,1-2H3,(H,22,25)/t13-,18+/m1/s1. The van der Waals surface area contributed by atoms with E-state index in [-0.39, 0.29) is 11.8 Å². The van der Waals surface area contributed by atoms with Gasteiger partial charge in [-0.2, -0.15) is 0 Å². The fourth-order valence-corrected chi connectivity index (χ4v) is 3.36. The number of carbonyl (C=O) groups is 2. The van der Waals surface area contributed by atoms with E-state index in [0.717, 1.165) is 24.0 Å². The summed E-state index contributed by atoms with van der Waals surface area (Å²) in [7, 11) is 0. The van der Waals surface area contributed by atoms with Crippen LogP contribution in [0.3, 0.4) is 0 Å². The van der Waals surface area contributed by atoms with Gasteiger partial charge in [-0.3, -0.25) is 14.6 Å². The highest BCUT2D eigenvalue weighted by Crippen LogP contribution is 2.34. The number of aromatic hydroxyl groups is 1. The summed E-state index contributed by atoms with van der Waals surface area (Å²) in [6.07, 6.45) is 4.98. The zero-order chi connectivity index (χ0) is 18.7. The summed E-state index contributed by atoms with van der Waals surface area (Å²) < 4.78 is 0. The molecule has 1 aliphatic heterocycles. The summed E-state index contributed by atoms with van der Waals surface area (Å²) in [5.41, 5.74) is 2.34. The van der Waals surface area contributed by atoms with E-state index < -0.39 is 11.8 Å². The van der Waals surface area contributed by atoms with Crippen molar-refractivity contribution in [2.24, 2.45) is 5.92 Å². The molecule has 2 amide bonds. The highest BCUT2D eigenvalue weighted by atomic mass is 16.3. The van der Waals surface area contributed by atoms with Gasteiger partial charge in [-0.25, -0.2) is 0 Å². The summed E-state index contributed by atoms with van der Waals surface area (Å²) in [4.78, 5) is 31.0. The average Bonchev–Trinajstić information content (AvgIpc) is 2.62. The number of aryl methyl sites for hydroxylation is 1. The molecule has 2 atom stereocenters. The predicted molar refractivity (Wildman–Crippen MR) is 98.6 cm³/mol. The molecule has 6 nitrogen and oxygen atoms in total. The van der Waals surface area contributed by atoms with Gasteiger partial charge in [0.1, 0.15) is 5.75 Å². The number of nitrogens with zero attached hydrogens (tertiary/aromatic N) is 2. The molecule has 2 N–H and O–H groups in total. The van der Waals surface area contributed by atoms with Gasteiger partial charge in [0, 0.05) is 12.7 Å². The van der Waals surface area contributed by atoms with Crippen LogP contribution in [0.25, 0.3) is 0 Å². The molecule has 0 saturated carbocycles. The van der Waals surface area contributed by atoms with Gasteiger partial charge in [0.2, 0.25) is 0 Å². The Kier molecular flexibility index (Phi) is 5.21. The maximum absolute atomic E-state index is 12.8. The van der Waals surface area contributed by atoms with Gasteiger partial charge >= 0.3 is 11.8 Å². The van der Waals surface area contributed by atoms with Gasteiger partial charge in [-0.05, 0) is 55.0 Å². The SMILES string of the molecule is Cc1cncc(NC(=O)C(=O)N2C[C@H](C)CC[C@H]2c2ccc(O)cc2)c1. The number of likely N-dealkylation sites (tertiary alicyclic amines) is 1. The van der Waals surface area contributed by atoms with Crippen molar-refractivity contribution in [3.05, 3.63) is 53.9 Å². The lowest BCUT2D eigenvalue weighted by Gasteiger charge is -2.38. The van der Waals surface area contributed by atoms with Gasteiger partial charge in [-0.1, -0.05) is 19.1 Å². The number of nitrogens with one attached hydrogen (secondary N) is 1. The summed E-state index contributed by atoms with van der Waals surface area (Å²) in [6.45, 7) is 4.48. The van der Waals surface area contributed by atoms with Crippen LogP contribution in [-0.2, 0) is 9.59 Å². The van der Waals surface area contributed by atoms with Crippen molar-refractivity contribution >= 4 is 17.5 Å². The topological polar surface area (TPSA) is 82.5 Å². The van der Waals surface area contributed by atoms with Crippen LogP contribution in [0.1, 0.15) is 36.9 Å². The Morgan fingerprint density at radius 1 is 1.19 bits per heavy atom. The number of phenols is 1. The van der Waals surface area contributed by atoms with E-state index >= 15 is 0 Å². The summed E-state index contributed by atoms with van der Waals surface area (Å²) in [5.74, 6) is -0.687. The van der Waals surface area contributed by atoms with E-state index in [0.29, 0.717) is 18.2 Å². The van der Waals surface area contributed by atoms with Crippen molar-refractivity contribution < 1.29 is 14.7 Å². The number of benzene rings is 1. The minimum Gasteiger partial charge on any atom is -0.508 e. The Labute approximate surface area is 152 Å². The van der Waals surface area contributed by atoms with Crippen molar-refractivity contribution in [2.45, 2.75) is 32.7 Å². The van der Waals surface area contributed by atoms with E-state index in [1.807, 2.05) is 6.92 Å². The number of aromatic nitrogens is 1. The average molecular weight is 353 g/mol. The number of rotatable bonds is 2. The number of carbonyl (C=O) groups excluding carboxylic acids is 2. The summed E-state index contributed by atoms with van der Waals surface area (Å²) in [6, 6.07) is 8.43. The number of anilines is 1. The molecule has 0 spiro atoms. The number of pyridine rings is 1. The van der Waals surface area contributed by atoms with Crippen molar-refractivity contribution in [2.75, 3.05) is 11.9 Å². The van der Waals surface area contributed by atoms with Gasteiger partial charge in [0.15, 0.2) is 0 Å². The molecule has 2 heterocycles. The van der Waals surface area contributed by atoms with Gasteiger partial charge < -0.3 is 15.3 Å². The minimum absolute atomic E-state index is 0.166. The van der Waals surface area contributed by atoms with E-state index in [1.54, 1.807) is 41.4 Å². The second-order valence-corrected chi connectivity index (χ2v) is 6.95. The second kappa shape index (κ2) is 7.56. The highest BCUT2D eigenvalue weighted by molar-refractivity contribution is 6.39. The molecule has 1 saturated heterocycles. The Hall–Kier alpha value is -2.89. The van der Waals surface area contributed by atoms with E-state index in [1.165, 1.54) is 6.20 Å². The fraction of sp³-hybridized carbons (Fsp3) is 0.350. The number of hydrogen-bond donors (Lipinski definition) is 2. The third kappa shape index (κ3) is 4.02. The van der Waals surface area contributed by atoms with Crippen molar-refractivity contribution in [1.82, 2.24) is 9.88 Å². The number of piperidine rings is 1. The van der Waals surface area contributed by atoms with Crippen molar-refractivity contribution in [1.29, 1.82) is 0 Å². The molecule has 0 bridgehead atoms. The Morgan fingerprint density at radius 3 is 2.62 bits per heavy atom. The van der Waals surface area contributed by atoms with Crippen molar-refractivity contribution in [3.8, 4) is 5.75 Å². The van der Waals surface area contributed by atoms with Gasteiger partial charge in [0.25, 0.3) is 0 Å². The van der Waals surface area contributed by atoms with Crippen LogP contribution in [0.2, 0.25) is 0 Å². The first-order chi connectivity index (χ1) is 12.4. The second-order valence-electron chi connectivity index (χ2n) is 6.95. The quantitative estimate of drug-likeness (QED) is 0.813. The molecule has 1 aromatic heterocycles. The smallest absolute Gasteiger partial charge is 0.313 e. The van der Waals surface area contributed by atoms with E-state index in [2.05, 4.69) is 17.2 Å². The molecule has 1 aromatic carbocycles. The lowest BCUT2D eigenvalue weighted by Crippen LogP contribution is -2.46. The first-order valence-electron chi connectivity index (χ1n) is 8.76. The number of hydrogen-bond acceptors (Lipinski definition) is 4. The van der Waals surface area contributed by atoms with E-state index in [4.69, 9.17) is 0 Å². The number of amides is 2. The normalized spacial score (nSPS) is 19.8. The fourth-order valence-electron chi connectivity index (χ4n) is 3.36. The molecule has 0 aliphatic carbocycles. The Bertz CT molecular complexity index is 804.